The summed E-state index contributed by atoms with van der Waals surface area (Å²) in [5.74, 6) is -0.0634. The molecule has 0 N–H and O–H groups in total. The van der Waals surface area contributed by atoms with Crippen LogP contribution in [0.5, 0.6) is 11.5 Å². The number of ether oxygens (including phenoxy) is 3. The molecule has 0 saturated heterocycles. The predicted molar refractivity (Wildman–Crippen MR) is 106 cm³/mol. The number of likely N-dealkylation sites (N-methyl/N-ethyl adjacent to an activating group) is 1. The van der Waals surface area contributed by atoms with Crippen LogP contribution in [0.3, 0.4) is 0 Å². The Kier molecular flexibility index (Phi) is 9.31. The van der Waals surface area contributed by atoms with Crippen LogP contribution in [0.2, 0.25) is 0 Å². The summed E-state index contributed by atoms with van der Waals surface area (Å²) in [6.07, 6.45) is 3.63. The first-order valence-corrected chi connectivity index (χ1v) is 8.90. The van der Waals surface area contributed by atoms with Crippen LogP contribution >= 0.6 is 0 Å². The van der Waals surface area contributed by atoms with E-state index in [1.807, 2.05) is 13.0 Å². The van der Waals surface area contributed by atoms with E-state index < -0.39 is 11.9 Å². The van der Waals surface area contributed by atoms with E-state index in [9.17, 15) is 14.9 Å². The summed E-state index contributed by atoms with van der Waals surface area (Å²) < 4.78 is 16.2. The Bertz CT molecular complexity index is 791. The highest BCUT2D eigenvalue weighted by Gasteiger charge is 2.17. The number of nitrogens with zero attached hydrogens (tertiary/aromatic N) is 2. The van der Waals surface area contributed by atoms with Gasteiger partial charge in [0.1, 0.15) is 11.6 Å². The number of hydrogen-bond donors (Lipinski definition) is 0. The molecule has 150 valence electrons. The van der Waals surface area contributed by atoms with E-state index >= 15 is 0 Å². The lowest BCUT2D eigenvalue weighted by Crippen LogP contribution is -2.22. The summed E-state index contributed by atoms with van der Waals surface area (Å²) in [5, 5.41) is 9.31. The zero-order chi connectivity index (χ0) is 21.1. The van der Waals surface area contributed by atoms with Gasteiger partial charge < -0.3 is 19.1 Å². The smallest absolute Gasteiger partial charge is 0.344 e. The molecular weight excluding hydrogens is 360 g/mol. The molecule has 1 aromatic rings. The van der Waals surface area contributed by atoms with Gasteiger partial charge in [0.2, 0.25) is 0 Å². The average molecular weight is 386 g/mol. The Balaban J connectivity index is 3.39. The Morgan fingerprint density at radius 2 is 1.93 bits per heavy atom. The molecule has 0 aliphatic rings. The third-order valence-electron chi connectivity index (χ3n) is 3.53. The second-order valence-corrected chi connectivity index (χ2v) is 5.90. The molecule has 0 saturated carbocycles. The summed E-state index contributed by atoms with van der Waals surface area (Å²) >= 11 is 0. The van der Waals surface area contributed by atoms with Crippen molar-refractivity contribution >= 4 is 18.0 Å². The number of carbonyl (C=O) groups is 2. The maximum absolute atomic E-state index is 12.1. The van der Waals surface area contributed by atoms with Gasteiger partial charge in [0.15, 0.2) is 18.1 Å². The number of benzene rings is 1. The van der Waals surface area contributed by atoms with Gasteiger partial charge in [-0.2, -0.15) is 5.26 Å². The minimum atomic E-state index is -0.484. The van der Waals surface area contributed by atoms with Gasteiger partial charge in [0.05, 0.1) is 13.2 Å². The topological polar surface area (TPSA) is 88.9 Å². The Labute approximate surface area is 165 Å². The fraction of sp³-hybridized carbons (Fsp3) is 0.381. The first-order chi connectivity index (χ1) is 13.4. The van der Waals surface area contributed by atoms with E-state index in [-0.39, 0.29) is 18.8 Å². The summed E-state index contributed by atoms with van der Waals surface area (Å²) in [6.45, 7) is 7.66. The molecular formula is C21H26N2O5. The SMILES string of the molecule is C=CCc1cc(/C=C(/C#N)C(=O)N(C)C)cc(OCC)c1OCC(=O)OCC. The fourth-order valence-corrected chi connectivity index (χ4v) is 2.38. The van der Waals surface area contributed by atoms with Crippen LogP contribution in [0, 0.1) is 11.3 Å². The summed E-state index contributed by atoms with van der Waals surface area (Å²) in [6, 6.07) is 5.35. The molecule has 0 radical (unpaired) electrons. The minimum Gasteiger partial charge on any atom is -0.490 e. The van der Waals surface area contributed by atoms with Gasteiger partial charge in [-0.1, -0.05) is 6.08 Å². The standard InChI is InChI=1S/C21H26N2O5/c1-6-9-16-10-15(11-17(13-22)21(25)23(4)5)12-18(26-7-2)20(16)28-14-19(24)27-8-3/h6,10-12H,1,7-9,14H2,2-5H3/b17-11-. The van der Waals surface area contributed by atoms with Crippen LogP contribution in [0.1, 0.15) is 25.0 Å². The number of carbonyl (C=O) groups excluding carboxylic acids is 2. The number of rotatable bonds is 10. The van der Waals surface area contributed by atoms with Crippen molar-refractivity contribution in [2.45, 2.75) is 20.3 Å². The largest absolute Gasteiger partial charge is 0.490 e. The fourth-order valence-electron chi connectivity index (χ4n) is 2.38. The zero-order valence-electron chi connectivity index (χ0n) is 16.8. The van der Waals surface area contributed by atoms with Gasteiger partial charge in [0.25, 0.3) is 5.91 Å². The molecule has 28 heavy (non-hydrogen) atoms. The lowest BCUT2D eigenvalue weighted by atomic mass is 10.0. The summed E-state index contributed by atoms with van der Waals surface area (Å²) in [4.78, 5) is 25.1. The van der Waals surface area contributed by atoms with E-state index in [2.05, 4.69) is 6.58 Å². The van der Waals surface area contributed by atoms with Crippen LogP contribution in [-0.2, 0) is 20.7 Å². The van der Waals surface area contributed by atoms with Gasteiger partial charge in [-0.15, -0.1) is 6.58 Å². The van der Waals surface area contributed by atoms with E-state index in [0.717, 1.165) is 0 Å². The van der Waals surface area contributed by atoms with Crippen LogP contribution in [0.25, 0.3) is 6.08 Å². The van der Waals surface area contributed by atoms with Gasteiger partial charge >= 0.3 is 5.97 Å². The van der Waals surface area contributed by atoms with E-state index in [4.69, 9.17) is 14.2 Å². The Morgan fingerprint density at radius 3 is 2.46 bits per heavy atom. The van der Waals surface area contributed by atoms with Gasteiger partial charge in [-0.25, -0.2) is 4.79 Å². The van der Waals surface area contributed by atoms with Crippen molar-refractivity contribution in [3.8, 4) is 17.6 Å². The monoisotopic (exact) mass is 386 g/mol. The van der Waals surface area contributed by atoms with Crippen LogP contribution in [0.4, 0.5) is 0 Å². The first-order valence-electron chi connectivity index (χ1n) is 8.90. The van der Waals surface area contributed by atoms with Gasteiger partial charge in [0, 0.05) is 19.7 Å². The molecule has 0 aliphatic carbocycles. The molecule has 0 bridgehead atoms. The van der Waals surface area contributed by atoms with Crippen molar-refractivity contribution in [3.05, 3.63) is 41.5 Å². The van der Waals surface area contributed by atoms with Crippen LogP contribution in [0.15, 0.2) is 30.4 Å². The molecule has 0 unspecified atom stereocenters. The van der Waals surface area contributed by atoms with Crippen molar-refractivity contribution in [1.29, 1.82) is 5.26 Å². The van der Waals surface area contributed by atoms with Crippen molar-refractivity contribution in [1.82, 2.24) is 4.90 Å². The van der Waals surface area contributed by atoms with Crippen LogP contribution < -0.4 is 9.47 Å². The van der Waals surface area contributed by atoms with Crippen molar-refractivity contribution in [2.75, 3.05) is 33.9 Å². The number of allylic oxidation sites excluding steroid dienone is 1. The number of esters is 1. The van der Waals surface area contributed by atoms with Crippen molar-refractivity contribution in [3.63, 3.8) is 0 Å². The molecule has 0 aliphatic heterocycles. The second kappa shape index (κ2) is 11.4. The van der Waals surface area contributed by atoms with Crippen molar-refractivity contribution < 1.29 is 23.8 Å². The highest BCUT2D eigenvalue weighted by Crippen LogP contribution is 2.34. The molecule has 1 amide bonds. The number of nitriles is 1. The normalized spacial score (nSPS) is 10.6. The zero-order valence-corrected chi connectivity index (χ0v) is 16.8. The molecule has 7 heteroatoms. The summed E-state index contributed by atoms with van der Waals surface area (Å²) in [7, 11) is 3.16. The molecule has 7 nitrogen and oxygen atoms in total. The first kappa shape index (κ1) is 22.8. The molecule has 0 fully saturated rings. The molecule has 0 aromatic heterocycles. The van der Waals surface area contributed by atoms with Crippen molar-refractivity contribution in [2.24, 2.45) is 0 Å². The molecule has 0 atom stereocenters. The Hall–Kier alpha value is -3.27. The lowest BCUT2D eigenvalue weighted by Gasteiger charge is -2.16. The summed E-state index contributed by atoms with van der Waals surface area (Å²) in [5.41, 5.74) is 1.32. The number of amides is 1. The molecule has 1 rings (SSSR count). The molecule has 0 spiro atoms. The third-order valence-corrected chi connectivity index (χ3v) is 3.53. The van der Waals surface area contributed by atoms with E-state index in [1.165, 1.54) is 11.0 Å². The quantitative estimate of drug-likeness (QED) is 0.266. The second-order valence-electron chi connectivity index (χ2n) is 5.90. The van der Waals surface area contributed by atoms with Gasteiger partial charge in [-0.05, 0) is 44.0 Å². The molecule has 0 heterocycles. The maximum atomic E-state index is 12.1. The van der Waals surface area contributed by atoms with Gasteiger partial charge in [-0.3, -0.25) is 4.79 Å². The highest BCUT2D eigenvalue weighted by molar-refractivity contribution is 6.01. The minimum absolute atomic E-state index is 0.00260. The highest BCUT2D eigenvalue weighted by atomic mass is 16.6. The predicted octanol–water partition coefficient (Wildman–Crippen LogP) is 2.75. The van der Waals surface area contributed by atoms with Crippen LogP contribution in [-0.4, -0.2) is 50.7 Å². The van der Waals surface area contributed by atoms with E-state index in [1.54, 1.807) is 39.2 Å². The average Bonchev–Trinajstić information content (AvgIpc) is 2.65. The lowest BCUT2D eigenvalue weighted by molar-refractivity contribution is -0.145. The van der Waals surface area contributed by atoms with E-state index in [0.29, 0.717) is 35.7 Å². The molecule has 1 aromatic carbocycles. The third kappa shape index (κ3) is 6.47. The number of hydrogen-bond acceptors (Lipinski definition) is 6. The Morgan fingerprint density at radius 1 is 1.21 bits per heavy atom. The maximum Gasteiger partial charge on any atom is 0.344 e.